The number of aryl methyl sites for hydroxylation is 2. The molecule has 0 bridgehead atoms. The lowest BCUT2D eigenvalue weighted by Crippen LogP contribution is -2.54. The Hall–Kier alpha value is -5.49. The Bertz CT molecular complexity index is 1740. The SMILES string of the molecule is Cc1cccc(C)c1OCC(=O)N[C@@H](Cc1ccccc1)CC(O)[C@H](Cc1ccccc1)NC(=O)[C@H](CC(C)C)NC(=O)c1ccc([N+](=O)[O-])o1. The van der Waals surface area contributed by atoms with E-state index in [-0.39, 0.29) is 43.5 Å². The molecule has 4 rings (SSSR count). The van der Waals surface area contributed by atoms with Crippen LogP contribution in [-0.4, -0.2) is 58.6 Å². The Balaban J connectivity index is 1.53. The maximum absolute atomic E-state index is 13.8. The van der Waals surface area contributed by atoms with Crippen LogP contribution in [0.5, 0.6) is 5.75 Å². The molecule has 12 heteroatoms. The zero-order valence-corrected chi connectivity index (χ0v) is 29.3. The number of nitrogens with zero attached hydrogens (tertiary/aromatic N) is 1. The van der Waals surface area contributed by atoms with E-state index >= 15 is 0 Å². The summed E-state index contributed by atoms with van der Waals surface area (Å²) < 4.78 is 10.9. The van der Waals surface area contributed by atoms with Gasteiger partial charge in [-0.25, -0.2) is 0 Å². The van der Waals surface area contributed by atoms with Gasteiger partial charge in [0.05, 0.1) is 18.2 Å². The fourth-order valence-electron chi connectivity index (χ4n) is 5.90. The molecule has 0 saturated heterocycles. The zero-order valence-electron chi connectivity index (χ0n) is 29.3. The molecule has 4 N–H and O–H groups in total. The van der Waals surface area contributed by atoms with Gasteiger partial charge in [0.15, 0.2) is 12.4 Å². The zero-order chi connectivity index (χ0) is 36.9. The van der Waals surface area contributed by atoms with Crippen molar-refractivity contribution in [2.45, 2.75) is 77.6 Å². The molecule has 0 radical (unpaired) electrons. The summed E-state index contributed by atoms with van der Waals surface area (Å²) in [6.45, 7) is 7.39. The van der Waals surface area contributed by atoms with E-state index < -0.39 is 46.9 Å². The van der Waals surface area contributed by atoms with Crippen LogP contribution in [0.3, 0.4) is 0 Å². The van der Waals surface area contributed by atoms with Gasteiger partial charge in [-0.15, -0.1) is 0 Å². The normalized spacial score (nSPS) is 13.5. The Labute approximate surface area is 297 Å². The minimum atomic E-state index is -1.12. The number of aliphatic hydroxyl groups excluding tert-OH is 1. The van der Waals surface area contributed by atoms with Gasteiger partial charge in [0.2, 0.25) is 5.91 Å². The molecule has 1 heterocycles. The standard InChI is InChI=1S/C39H46N4O8/c1-25(2)20-32(42-39(47)34-18-19-36(51-34)43(48)49)38(46)41-31(22-29-16-9-6-10-17-29)33(44)23-30(21-28-14-7-5-8-15-28)40-35(45)24-50-37-26(3)12-11-13-27(37)4/h5-19,25,30-33,44H,20-24H2,1-4H3,(H,40,45)(H,41,46)(H,42,47)/t30-,31-,32-,33?/m0/s1. The molecule has 3 aromatic carbocycles. The van der Waals surface area contributed by atoms with Gasteiger partial charge in [0.1, 0.15) is 16.7 Å². The van der Waals surface area contributed by atoms with E-state index in [9.17, 15) is 29.6 Å². The molecule has 270 valence electrons. The van der Waals surface area contributed by atoms with Crippen LogP contribution >= 0.6 is 0 Å². The van der Waals surface area contributed by atoms with Crippen LogP contribution in [0.15, 0.2) is 95.4 Å². The molecule has 12 nitrogen and oxygen atoms in total. The summed E-state index contributed by atoms with van der Waals surface area (Å²) in [6.07, 6.45) is -0.0887. The van der Waals surface area contributed by atoms with Crippen molar-refractivity contribution in [3.63, 3.8) is 0 Å². The second kappa shape index (κ2) is 18.5. The summed E-state index contributed by atoms with van der Waals surface area (Å²) in [4.78, 5) is 50.4. The number of carbonyl (C=O) groups excluding carboxylic acids is 3. The summed E-state index contributed by atoms with van der Waals surface area (Å²) in [5.41, 5.74) is 3.64. The van der Waals surface area contributed by atoms with Crippen molar-refractivity contribution in [1.29, 1.82) is 0 Å². The van der Waals surface area contributed by atoms with Crippen LogP contribution in [0.4, 0.5) is 5.88 Å². The molecular weight excluding hydrogens is 652 g/mol. The summed E-state index contributed by atoms with van der Waals surface area (Å²) >= 11 is 0. The van der Waals surface area contributed by atoms with E-state index in [1.807, 2.05) is 107 Å². The maximum atomic E-state index is 13.8. The van der Waals surface area contributed by atoms with Gasteiger partial charge in [-0.05, 0) is 73.8 Å². The summed E-state index contributed by atoms with van der Waals surface area (Å²) in [7, 11) is 0. The lowest BCUT2D eigenvalue weighted by atomic mass is 9.93. The van der Waals surface area contributed by atoms with Crippen molar-refractivity contribution in [1.82, 2.24) is 16.0 Å². The van der Waals surface area contributed by atoms with Crippen LogP contribution in [0.2, 0.25) is 0 Å². The summed E-state index contributed by atoms with van der Waals surface area (Å²) in [5.74, 6) is -1.93. The average Bonchev–Trinajstić information content (AvgIpc) is 3.59. The Morgan fingerprint density at radius 1 is 0.804 bits per heavy atom. The summed E-state index contributed by atoms with van der Waals surface area (Å²) in [5, 5.41) is 31.5. The van der Waals surface area contributed by atoms with Crippen molar-refractivity contribution in [2.24, 2.45) is 5.92 Å². The molecule has 0 aliphatic carbocycles. The fraction of sp³-hybridized carbons (Fsp3) is 0.359. The lowest BCUT2D eigenvalue weighted by Gasteiger charge is -2.30. The van der Waals surface area contributed by atoms with Crippen LogP contribution in [-0.2, 0) is 22.4 Å². The Morgan fingerprint density at radius 3 is 1.98 bits per heavy atom. The Morgan fingerprint density at radius 2 is 1.41 bits per heavy atom. The molecule has 0 spiro atoms. The topological polar surface area (TPSA) is 173 Å². The number of rotatable bonds is 18. The third kappa shape index (κ3) is 11.8. The maximum Gasteiger partial charge on any atom is 0.433 e. The van der Waals surface area contributed by atoms with Crippen LogP contribution in [0.1, 0.15) is 59.5 Å². The predicted molar refractivity (Wildman–Crippen MR) is 192 cm³/mol. The monoisotopic (exact) mass is 698 g/mol. The number of nitro groups is 1. The van der Waals surface area contributed by atoms with Gasteiger partial charge in [0, 0.05) is 6.04 Å². The quantitative estimate of drug-likeness (QED) is 0.0807. The number of para-hydroxylation sites is 1. The first-order chi connectivity index (χ1) is 24.4. The van der Waals surface area contributed by atoms with Crippen molar-refractivity contribution in [3.8, 4) is 5.75 Å². The first kappa shape index (κ1) is 38.3. The van der Waals surface area contributed by atoms with Gasteiger partial charge in [-0.1, -0.05) is 92.7 Å². The molecule has 0 saturated carbocycles. The van der Waals surface area contributed by atoms with Crippen molar-refractivity contribution >= 4 is 23.6 Å². The van der Waals surface area contributed by atoms with E-state index in [0.29, 0.717) is 12.2 Å². The molecule has 0 aliphatic rings. The second-order valence-corrected chi connectivity index (χ2v) is 13.1. The van der Waals surface area contributed by atoms with Crippen molar-refractivity contribution < 1.29 is 33.6 Å². The highest BCUT2D eigenvalue weighted by Gasteiger charge is 2.31. The highest BCUT2D eigenvalue weighted by molar-refractivity contribution is 5.95. The van der Waals surface area contributed by atoms with Crippen LogP contribution in [0.25, 0.3) is 0 Å². The number of aliphatic hydroxyl groups is 1. The Kier molecular flexibility index (Phi) is 13.9. The van der Waals surface area contributed by atoms with E-state index in [1.165, 1.54) is 6.07 Å². The predicted octanol–water partition coefficient (Wildman–Crippen LogP) is 5.23. The largest absolute Gasteiger partial charge is 0.483 e. The third-order valence-electron chi connectivity index (χ3n) is 8.39. The molecular formula is C39H46N4O8. The van der Waals surface area contributed by atoms with Gasteiger partial charge in [-0.3, -0.25) is 24.5 Å². The number of furan rings is 1. The molecule has 4 aromatic rings. The molecule has 3 amide bonds. The van der Waals surface area contributed by atoms with E-state index in [4.69, 9.17) is 9.15 Å². The number of hydrogen-bond donors (Lipinski definition) is 4. The first-order valence-corrected chi connectivity index (χ1v) is 17.0. The fourth-order valence-corrected chi connectivity index (χ4v) is 5.90. The van der Waals surface area contributed by atoms with Crippen LogP contribution in [0, 0.1) is 29.9 Å². The van der Waals surface area contributed by atoms with E-state index in [0.717, 1.165) is 28.3 Å². The van der Waals surface area contributed by atoms with Gasteiger partial charge in [0.25, 0.3) is 11.8 Å². The highest BCUT2D eigenvalue weighted by Crippen LogP contribution is 2.22. The van der Waals surface area contributed by atoms with Gasteiger partial charge < -0.3 is 30.2 Å². The highest BCUT2D eigenvalue weighted by atomic mass is 16.6. The minimum absolute atomic E-state index is 0.0133. The van der Waals surface area contributed by atoms with Crippen molar-refractivity contribution in [2.75, 3.05) is 6.61 Å². The van der Waals surface area contributed by atoms with Gasteiger partial charge >= 0.3 is 5.88 Å². The van der Waals surface area contributed by atoms with Crippen molar-refractivity contribution in [3.05, 3.63) is 129 Å². The number of nitrogens with one attached hydrogen (secondary N) is 3. The molecule has 4 atom stereocenters. The smallest absolute Gasteiger partial charge is 0.433 e. The number of ether oxygens (including phenoxy) is 1. The lowest BCUT2D eigenvalue weighted by molar-refractivity contribution is -0.402. The number of amides is 3. The minimum Gasteiger partial charge on any atom is -0.483 e. The first-order valence-electron chi connectivity index (χ1n) is 17.0. The molecule has 0 fully saturated rings. The van der Waals surface area contributed by atoms with Gasteiger partial charge in [-0.2, -0.15) is 0 Å². The molecule has 0 aliphatic heterocycles. The van der Waals surface area contributed by atoms with Crippen LogP contribution < -0.4 is 20.7 Å². The van der Waals surface area contributed by atoms with E-state index in [1.54, 1.807) is 0 Å². The molecule has 51 heavy (non-hydrogen) atoms. The van der Waals surface area contributed by atoms with E-state index in [2.05, 4.69) is 16.0 Å². The number of hydrogen-bond acceptors (Lipinski definition) is 8. The number of benzene rings is 3. The third-order valence-corrected chi connectivity index (χ3v) is 8.39. The number of carbonyl (C=O) groups is 3. The molecule has 1 unspecified atom stereocenters. The summed E-state index contributed by atoms with van der Waals surface area (Å²) in [6, 6.07) is 24.6. The second-order valence-electron chi connectivity index (χ2n) is 13.1. The molecule has 1 aromatic heterocycles. The average molecular weight is 699 g/mol.